The molecule has 47 heavy (non-hydrogen) atoms. The van der Waals surface area contributed by atoms with E-state index in [9.17, 15) is 19.2 Å². The first kappa shape index (κ1) is 31.7. The van der Waals surface area contributed by atoms with E-state index in [1.807, 2.05) is 80.7 Å². The van der Waals surface area contributed by atoms with Crippen LogP contribution in [0, 0.1) is 6.92 Å². The van der Waals surface area contributed by atoms with Gasteiger partial charge in [0.15, 0.2) is 0 Å². The number of anilines is 3. The second-order valence-electron chi connectivity index (χ2n) is 12.2. The highest BCUT2D eigenvalue weighted by Gasteiger charge is 2.32. The van der Waals surface area contributed by atoms with Gasteiger partial charge in [-0.25, -0.2) is 0 Å². The van der Waals surface area contributed by atoms with E-state index in [2.05, 4.69) is 4.90 Å². The molecule has 6 rings (SSSR count). The zero-order valence-electron chi connectivity index (χ0n) is 27.1. The van der Waals surface area contributed by atoms with Crippen molar-refractivity contribution in [1.82, 2.24) is 9.80 Å². The minimum absolute atomic E-state index is 0.0658. The molecular weight excluding hydrogens is 590 g/mol. The van der Waals surface area contributed by atoms with E-state index in [-0.39, 0.29) is 43.1 Å². The molecule has 0 saturated carbocycles. The summed E-state index contributed by atoms with van der Waals surface area (Å²) >= 11 is 0. The molecule has 240 valence electrons. The van der Waals surface area contributed by atoms with Gasteiger partial charge in [0, 0.05) is 63.0 Å². The van der Waals surface area contributed by atoms with Gasteiger partial charge in [0.1, 0.15) is 6.54 Å². The molecule has 9 heteroatoms. The van der Waals surface area contributed by atoms with Crippen LogP contribution < -0.4 is 14.7 Å². The number of carbonyl (C=O) groups excluding carboxylic acids is 4. The van der Waals surface area contributed by atoms with E-state index in [0.717, 1.165) is 29.8 Å². The number of hydrogen-bond acceptors (Lipinski definition) is 5. The zero-order chi connectivity index (χ0) is 33.1. The average molecular weight is 630 g/mol. The van der Waals surface area contributed by atoms with Gasteiger partial charge in [-0.05, 0) is 67.6 Å². The molecule has 4 amide bonds. The van der Waals surface area contributed by atoms with Gasteiger partial charge in [-0.1, -0.05) is 60.2 Å². The lowest BCUT2D eigenvalue weighted by atomic mass is 9.98. The lowest BCUT2D eigenvalue weighted by Gasteiger charge is -2.34. The summed E-state index contributed by atoms with van der Waals surface area (Å²) in [5, 5.41) is 0. The van der Waals surface area contributed by atoms with Crippen LogP contribution >= 0.6 is 0 Å². The van der Waals surface area contributed by atoms with E-state index in [1.54, 1.807) is 52.1 Å². The molecule has 1 fully saturated rings. The van der Waals surface area contributed by atoms with Crippen molar-refractivity contribution in [1.29, 1.82) is 0 Å². The molecule has 0 aliphatic carbocycles. The predicted octanol–water partition coefficient (Wildman–Crippen LogP) is 5.10. The summed E-state index contributed by atoms with van der Waals surface area (Å²) in [4.78, 5) is 62.9. The maximum Gasteiger partial charge on any atom is 0.258 e. The number of hydrogen-bond donors (Lipinski definition) is 0. The van der Waals surface area contributed by atoms with Crippen molar-refractivity contribution >= 4 is 40.7 Å². The summed E-state index contributed by atoms with van der Waals surface area (Å²) in [5.41, 5.74) is 5.74. The van der Waals surface area contributed by atoms with Crippen molar-refractivity contribution in [3.8, 4) is 11.1 Å². The minimum atomic E-state index is -0.261. The van der Waals surface area contributed by atoms with Crippen molar-refractivity contribution in [2.24, 2.45) is 0 Å². The van der Waals surface area contributed by atoms with E-state index in [4.69, 9.17) is 0 Å². The Balaban J connectivity index is 1.20. The van der Waals surface area contributed by atoms with Gasteiger partial charge in [0.2, 0.25) is 11.8 Å². The standard InChI is InChI=1S/C38H39N5O4/c1-27-12-14-28(15-13-27)31-8-4-5-9-32(31)38(47)40(3)30-18-16-29(17-19-30)37(46)42-21-20-35(44)43(34-11-7-6-10-33(34)42)26-36(45)41-24-22-39(2)23-25-41/h4-19H,20-26H2,1-3H3. The number of nitrogens with zero attached hydrogens (tertiary/aromatic N) is 5. The largest absolute Gasteiger partial charge is 0.339 e. The molecule has 4 aromatic carbocycles. The first-order valence-corrected chi connectivity index (χ1v) is 15.9. The fraction of sp³-hybridized carbons (Fsp3) is 0.263. The quantitative estimate of drug-likeness (QED) is 0.297. The molecule has 2 aliphatic rings. The van der Waals surface area contributed by atoms with Crippen molar-refractivity contribution in [2.75, 3.05) is 68.1 Å². The first-order chi connectivity index (χ1) is 22.7. The van der Waals surface area contributed by atoms with Crippen LogP contribution in [-0.4, -0.2) is 86.8 Å². The Bertz CT molecular complexity index is 1800. The van der Waals surface area contributed by atoms with Crippen LogP contribution in [0.3, 0.4) is 0 Å². The van der Waals surface area contributed by atoms with Gasteiger partial charge in [0.05, 0.1) is 11.4 Å². The van der Waals surface area contributed by atoms with Gasteiger partial charge in [-0.3, -0.25) is 19.2 Å². The SMILES string of the molecule is Cc1ccc(-c2ccccc2C(=O)N(C)c2ccc(C(=O)N3CCC(=O)N(CC(=O)N4CCN(C)CC4)c4ccccc43)cc2)cc1. The molecule has 0 atom stereocenters. The van der Waals surface area contributed by atoms with Crippen LogP contribution in [0.15, 0.2) is 97.1 Å². The molecule has 0 N–H and O–H groups in total. The summed E-state index contributed by atoms with van der Waals surface area (Å²) < 4.78 is 0. The molecule has 0 aromatic heterocycles. The van der Waals surface area contributed by atoms with Gasteiger partial charge in [0.25, 0.3) is 11.8 Å². The number of aryl methyl sites for hydroxylation is 1. The summed E-state index contributed by atoms with van der Waals surface area (Å²) in [6.45, 7) is 4.98. The fourth-order valence-electron chi connectivity index (χ4n) is 6.13. The van der Waals surface area contributed by atoms with Crippen molar-refractivity contribution in [2.45, 2.75) is 13.3 Å². The molecule has 0 bridgehead atoms. The highest BCUT2D eigenvalue weighted by atomic mass is 16.2. The van der Waals surface area contributed by atoms with E-state index < -0.39 is 0 Å². The number of carbonyl (C=O) groups is 4. The number of rotatable bonds is 6. The molecule has 1 saturated heterocycles. The van der Waals surface area contributed by atoms with Gasteiger partial charge < -0.3 is 24.5 Å². The smallest absolute Gasteiger partial charge is 0.258 e. The third kappa shape index (κ3) is 6.66. The minimum Gasteiger partial charge on any atom is -0.339 e. The van der Waals surface area contributed by atoms with E-state index in [0.29, 0.717) is 41.3 Å². The Labute approximate surface area is 275 Å². The average Bonchev–Trinajstić information content (AvgIpc) is 3.24. The number of benzene rings is 4. The van der Waals surface area contributed by atoms with Crippen LogP contribution in [0.25, 0.3) is 11.1 Å². The van der Waals surface area contributed by atoms with Crippen molar-refractivity contribution in [3.63, 3.8) is 0 Å². The summed E-state index contributed by atoms with van der Waals surface area (Å²) in [7, 11) is 3.75. The molecule has 0 spiro atoms. The zero-order valence-corrected chi connectivity index (χ0v) is 27.1. The molecule has 9 nitrogen and oxygen atoms in total. The van der Waals surface area contributed by atoms with Crippen LogP contribution in [0.5, 0.6) is 0 Å². The third-order valence-electron chi connectivity index (χ3n) is 9.03. The normalized spacial score (nSPS) is 15.2. The Morgan fingerprint density at radius 2 is 1.38 bits per heavy atom. The van der Waals surface area contributed by atoms with Crippen LogP contribution in [0.1, 0.15) is 32.7 Å². The van der Waals surface area contributed by atoms with E-state index >= 15 is 0 Å². The molecule has 2 aliphatic heterocycles. The second-order valence-corrected chi connectivity index (χ2v) is 12.2. The maximum atomic E-state index is 13.9. The topological polar surface area (TPSA) is 84.5 Å². The number of amides is 4. The molecule has 0 unspecified atom stereocenters. The molecule has 0 radical (unpaired) electrons. The van der Waals surface area contributed by atoms with Crippen LogP contribution in [-0.2, 0) is 9.59 Å². The Hall–Kier alpha value is -5.28. The lowest BCUT2D eigenvalue weighted by Crippen LogP contribution is -2.50. The van der Waals surface area contributed by atoms with Crippen molar-refractivity contribution < 1.29 is 19.2 Å². The van der Waals surface area contributed by atoms with Gasteiger partial charge in [-0.15, -0.1) is 0 Å². The van der Waals surface area contributed by atoms with Crippen LogP contribution in [0.4, 0.5) is 17.1 Å². The highest BCUT2D eigenvalue weighted by molar-refractivity contribution is 6.13. The Morgan fingerprint density at radius 1 is 0.745 bits per heavy atom. The van der Waals surface area contributed by atoms with Gasteiger partial charge in [-0.2, -0.15) is 0 Å². The Morgan fingerprint density at radius 3 is 2.09 bits per heavy atom. The summed E-state index contributed by atoms with van der Waals surface area (Å²) in [5.74, 6) is -0.720. The van der Waals surface area contributed by atoms with Crippen molar-refractivity contribution in [3.05, 3.63) is 114 Å². The monoisotopic (exact) mass is 629 g/mol. The van der Waals surface area contributed by atoms with E-state index in [1.165, 1.54) is 4.90 Å². The number of fused-ring (bicyclic) bond motifs is 1. The summed E-state index contributed by atoms with van der Waals surface area (Å²) in [6.07, 6.45) is 0.0894. The first-order valence-electron chi connectivity index (χ1n) is 15.9. The fourth-order valence-corrected chi connectivity index (χ4v) is 6.13. The predicted molar refractivity (Wildman–Crippen MR) is 185 cm³/mol. The lowest BCUT2D eigenvalue weighted by molar-refractivity contribution is -0.132. The Kier molecular flexibility index (Phi) is 9.17. The number of para-hydroxylation sites is 2. The van der Waals surface area contributed by atoms with Crippen LogP contribution in [0.2, 0.25) is 0 Å². The maximum absolute atomic E-state index is 13.9. The molecule has 4 aromatic rings. The second kappa shape index (κ2) is 13.6. The number of piperazine rings is 1. The third-order valence-corrected chi connectivity index (χ3v) is 9.03. The number of likely N-dealkylation sites (N-methyl/N-ethyl adjacent to an activating group) is 1. The molecule has 2 heterocycles. The van der Waals surface area contributed by atoms with Gasteiger partial charge >= 0.3 is 0 Å². The highest BCUT2D eigenvalue weighted by Crippen LogP contribution is 2.34. The summed E-state index contributed by atoms with van der Waals surface area (Å²) in [6, 6.07) is 29.8. The molecular formula is C38H39N5O4.